The minimum Gasteiger partial charge on any atom is -0.493 e. The fourth-order valence-electron chi connectivity index (χ4n) is 1.65. The Balaban J connectivity index is 2.36. The molecule has 1 aromatic carbocycles. The van der Waals surface area contributed by atoms with Crippen LogP contribution in [0.15, 0.2) is 18.2 Å². The average Bonchev–Trinajstić information content (AvgIpc) is 2.38. The van der Waals surface area contributed by atoms with Gasteiger partial charge in [0.15, 0.2) is 0 Å². The fraction of sp³-hybridized carbons (Fsp3) is 0.571. The molecule has 0 aliphatic carbocycles. The lowest BCUT2D eigenvalue weighted by molar-refractivity contribution is 0.171. The van der Waals surface area contributed by atoms with Gasteiger partial charge in [0.05, 0.1) is 13.2 Å². The van der Waals surface area contributed by atoms with Crippen LogP contribution in [0.2, 0.25) is 0 Å². The van der Waals surface area contributed by atoms with Crippen LogP contribution < -0.4 is 10.5 Å². The maximum absolute atomic E-state index is 13.3. The van der Waals surface area contributed by atoms with E-state index in [4.69, 9.17) is 15.6 Å². The molecule has 3 nitrogen and oxygen atoms in total. The Morgan fingerprint density at radius 3 is 2.72 bits per heavy atom. The summed E-state index contributed by atoms with van der Waals surface area (Å²) in [4.78, 5) is 0. The van der Waals surface area contributed by atoms with Gasteiger partial charge in [-0.15, -0.1) is 0 Å². The van der Waals surface area contributed by atoms with E-state index in [1.54, 1.807) is 19.1 Å². The molecule has 0 saturated heterocycles. The molecule has 18 heavy (non-hydrogen) atoms. The third-order valence-corrected chi connectivity index (χ3v) is 3.25. The summed E-state index contributed by atoms with van der Waals surface area (Å²) in [6.45, 7) is 4.11. The van der Waals surface area contributed by atoms with E-state index in [0.29, 0.717) is 24.3 Å². The van der Waals surface area contributed by atoms with Crippen LogP contribution in [0.25, 0.3) is 0 Å². The van der Waals surface area contributed by atoms with E-state index >= 15 is 0 Å². The van der Waals surface area contributed by atoms with E-state index in [2.05, 4.69) is 0 Å². The largest absolute Gasteiger partial charge is 0.493 e. The summed E-state index contributed by atoms with van der Waals surface area (Å²) in [5, 5.41) is 9.15. The fourth-order valence-corrected chi connectivity index (χ4v) is 1.65. The van der Waals surface area contributed by atoms with Gasteiger partial charge < -0.3 is 15.6 Å². The van der Waals surface area contributed by atoms with E-state index in [0.717, 1.165) is 12.8 Å². The summed E-state index contributed by atoms with van der Waals surface area (Å²) < 4.78 is 18.7. The first kappa shape index (κ1) is 14.9. The number of halogens is 1. The third-order valence-electron chi connectivity index (χ3n) is 3.25. The number of aryl methyl sites for hydroxylation is 1. The first-order chi connectivity index (χ1) is 8.50. The lowest BCUT2D eigenvalue weighted by Crippen LogP contribution is -2.43. The smallest absolute Gasteiger partial charge is 0.129 e. The number of rotatable bonds is 7. The van der Waals surface area contributed by atoms with Crippen molar-refractivity contribution in [1.82, 2.24) is 0 Å². The van der Waals surface area contributed by atoms with Crippen LogP contribution in [-0.4, -0.2) is 23.9 Å². The molecule has 1 rings (SSSR count). The number of benzene rings is 1. The van der Waals surface area contributed by atoms with Gasteiger partial charge >= 0.3 is 0 Å². The van der Waals surface area contributed by atoms with Crippen molar-refractivity contribution in [2.75, 3.05) is 13.2 Å². The van der Waals surface area contributed by atoms with E-state index in [-0.39, 0.29) is 12.4 Å². The highest BCUT2D eigenvalue weighted by atomic mass is 19.1. The second kappa shape index (κ2) is 6.71. The van der Waals surface area contributed by atoms with Gasteiger partial charge in [0.25, 0.3) is 0 Å². The Bertz CT molecular complexity index is 378. The zero-order valence-corrected chi connectivity index (χ0v) is 11.1. The van der Waals surface area contributed by atoms with Gasteiger partial charge in [0, 0.05) is 11.6 Å². The topological polar surface area (TPSA) is 55.5 Å². The molecule has 1 aromatic rings. The summed E-state index contributed by atoms with van der Waals surface area (Å²) in [5.41, 5.74) is 6.03. The number of ether oxygens (including phenoxy) is 1. The number of aliphatic hydroxyl groups is 1. The van der Waals surface area contributed by atoms with Crippen molar-refractivity contribution in [1.29, 1.82) is 0 Å². The highest BCUT2D eigenvalue weighted by Crippen LogP contribution is 2.17. The minimum atomic E-state index is -0.526. The van der Waals surface area contributed by atoms with Gasteiger partial charge in [-0.25, -0.2) is 4.39 Å². The zero-order chi connectivity index (χ0) is 13.6. The maximum Gasteiger partial charge on any atom is 0.129 e. The zero-order valence-electron chi connectivity index (χ0n) is 11.1. The van der Waals surface area contributed by atoms with Gasteiger partial charge in [0.2, 0.25) is 0 Å². The highest BCUT2D eigenvalue weighted by molar-refractivity contribution is 5.27. The third kappa shape index (κ3) is 4.27. The predicted octanol–water partition coefficient (Wildman–Crippen LogP) is 2.39. The molecule has 0 saturated carbocycles. The molecule has 102 valence electrons. The summed E-state index contributed by atoms with van der Waals surface area (Å²) in [6, 6.07) is 4.83. The molecule has 0 spiro atoms. The molecule has 0 aromatic heterocycles. The predicted molar refractivity (Wildman–Crippen MR) is 70.2 cm³/mol. The van der Waals surface area contributed by atoms with Crippen LogP contribution >= 0.6 is 0 Å². The first-order valence-electron chi connectivity index (χ1n) is 6.29. The molecular weight excluding hydrogens is 233 g/mol. The van der Waals surface area contributed by atoms with Crippen molar-refractivity contribution in [2.45, 2.75) is 38.6 Å². The van der Waals surface area contributed by atoms with Crippen LogP contribution in [0.3, 0.4) is 0 Å². The standard InChI is InChI=1S/C14H22FNO2/c1-3-14(16,10-17)7-4-8-18-12-6-5-11(2)13(15)9-12/h5-6,9,17H,3-4,7-8,10,16H2,1-2H3. The van der Waals surface area contributed by atoms with Crippen molar-refractivity contribution < 1.29 is 14.2 Å². The molecule has 0 aliphatic rings. The minimum absolute atomic E-state index is 0.0251. The molecule has 0 amide bonds. The van der Waals surface area contributed by atoms with E-state index in [1.165, 1.54) is 6.07 Å². The number of nitrogens with two attached hydrogens (primary N) is 1. The van der Waals surface area contributed by atoms with Crippen molar-refractivity contribution in [3.8, 4) is 5.75 Å². The molecule has 1 unspecified atom stereocenters. The van der Waals surface area contributed by atoms with Crippen LogP contribution in [0.4, 0.5) is 4.39 Å². The normalized spacial score (nSPS) is 14.3. The monoisotopic (exact) mass is 255 g/mol. The molecule has 0 fully saturated rings. The van der Waals surface area contributed by atoms with Crippen LogP contribution in [0.1, 0.15) is 31.7 Å². The SMILES string of the molecule is CCC(N)(CO)CCCOc1ccc(C)c(F)c1. The van der Waals surface area contributed by atoms with Gasteiger partial charge in [-0.1, -0.05) is 13.0 Å². The highest BCUT2D eigenvalue weighted by Gasteiger charge is 2.20. The summed E-state index contributed by atoms with van der Waals surface area (Å²) >= 11 is 0. The van der Waals surface area contributed by atoms with Crippen molar-refractivity contribution in [3.63, 3.8) is 0 Å². The lowest BCUT2D eigenvalue weighted by atomic mass is 9.93. The molecule has 4 heteroatoms. The van der Waals surface area contributed by atoms with Gasteiger partial charge in [0.1, 0.15) is 11.6 Å². The summed E-state index contributed by atoms with van der Waals surface area (Å²) in [6.07, 6.45) is 2.15. The Kier molecular flexibility index (Phi) is 5.56. The Labute approximate surface area is 108 Å². The lowest BCUT2D eigenvalue weighted by Gasteiger charge is -2.25. The van der Waals surface area contributed by atoms with Crippen LogP contribution in [0.5, 0.6) is 5.75 Å². The Morgan fingerprint density at radius 1 is 1.44 bits per heavy atom. The van der Waals surface area contributed by atoms with E-state index in [9.17, 15) is 4.39 Å². The molecule has 1 atom stereocenters. The maximum atomic E-state index is 13.3. The molecular formula is C14H22FNO2. The average molecular weight is 255 g/mol. The second-order valence-electron chi connectivity index (χ2n) is 4.74. The summed E-state index contributed by atoms with van der Waals surface area (Å²) in [7, 11) is 0. The van der Waals surface area contributed by atoms with Crippen molar-refractivity contribution >= 4 is 0 Å². The molecule has 0 aliphatic heterocycles. The van der Waals surface area contributed by atoms with Crippen molar-refractivity contribution in [3.05, 3.63) is 29.6 Å². The number of hydrogen-bond acceptors (Lipinski definition) is 3. The first-order valence-corrected chi connectivity index (χ1v) is 6.29. The molecule has 0 heterocycles. The molecule has 3 N–H and O–H groups in total. The van der Waals surface area contributed by atoms with Crippen LogP contribution in [0, 0.1) is 12.7 Å². The van der Waals surface area contributed by atoms with Crippen LogP contribution in [-0.2, 0) is 0 Å². The van der Waals surface area contributed by atoms with E-state index < -0.39 is 5.54 Å². The Morgan fingerprint density at radius 2 is 2.17 bits per heavy atom. The number of hydrogen-bond donors (Lipinski definition) is 2. The second-order valence-corrected chi connectivity index (χ2v) is 4.74. The van der Waals surface area contributed by atoms with Gasteiger partial charge in [-0.3, -0.25) is 0 Å². The van der Waals surface area contributed by atoms with Gasteiger partial charge in [-0.05, 0) is 37.8 Å². The van der Waals surface area contributed by atoms with E-state index in [1.807, 2.05) is 6.92 Å². The van der Waals surface area contributed by atoms with Gasteiger partial charge in [-0.2, -0.15) is 0 Å². The van der Waals surface area contributed by atoms with Crippen molar-refractivity contribution in [2.24, 2.45) is 5.73 Å². The molecule has 0 bridgehead atoms. The quantitative estimate of drug-likeness (QED) is 0.736. The summed E-state index contributed by atoms with van der Waals surface area (Å²) in [5.74, 6) is 0.269. The molecule has 0 radical (unpaired) electrons. The number of aliphatic hydroxyl groups excluding tert-OH is 1. The Hall–Kier alpha value is -1.13.